The summed E-state index contributed by atoms with van der Waals surface area (Å²) in [5, 5.41) is 12.0. The van der Waals surface area contributed by atoms with Crippen LogP contribution in [-0.4, -0.2) is 59.1 Å². The number of carbonyl (C=O) groups excluding carboxylic acids is 2. The van der Waals surface area contributed by atoms with Crippen molar-refractivity contribution >= 4 is 17.8 Å². The fourth-order valence-corrected chi connectivity index (χ4v) is 4.36. The monoisotopic (exact) mass is 352 g/mol. The van der Waals surface area contributed by atoms with E-state index in [0.717, 1.165) is 25.7 Å². The highest BCUT2D eigenvalue weighted by Gasteiger charge is 2.43. The number of likely N-dealkylation sites (tertiary alicyclic amines) is 1. The minimum Gasteiger partial charge on any atom is -0.481 e. The van der Waals surface area contributed by atoms with Crippen LogP contribution in [0.3, 0.4) is 0 Å². The minimum absolute atomic E-state index is 0.0506. The van der Waals surface area contributed by atoms with Crippen molar-refractivity contribution in [2.24, 2.45) is 11.8 Å². The molecular formula is C18H28N2O5. The van der Waals surface area contributed by atoms with Crippen molar-refractivity contribution in [2.45, 2.75) is 63.5 Å². The predicted octanol–water partition coefficient (Wildman–Crippen LogP) is 1.16. The molecule has 3 aliphatic rings. The SMILES string of the molecule is CC1CCC(N2CC(C(=O)NC3(CC(=O)O)CCOC3)CC2=O)CC1. The first-order valence-electron chi connectivity index (χ1n) is 9.29. The maximum Gasteiger partial charge on any atom is 0.305 e. The van der Waals surface area contributed by atoms with Crippen LogP contribution in [0.15, 0.2) is 0 Å². The molecule has 1 saturated carbocycles. The zero-order valence-electron chi connectivity index (χ0n) is 14.8. The van der Waals surface area contributed by atoms with Crippen molar-refractivity contribution in [3.8, 4) is 0 Å². The number of aliphatic carboxylic acids is 1. The Morgan fingerprint density at radius 1 is 1.32 bits per heavy atom. The van der Waals surface area contributed by atoms with E-state index in [1.165, 1.54) is 0 Å². The van der Waals surface area contributed by atoms with Gasteiger partial charge >= 0.3 is 5.97 Å². The van der Waals surface area contributed by atoms with Crippen LogP contribution in [0, 0.1) is 11.8 Å². The zero-order chi connectivity index (χ0) is 18.0. The summed E-state index contributed by atoms with van der Waals surface area (Å²) in [5.74, 6) is -0.794. The van der Waals surface area contributed by atoms with Gasteiger partial charge < -0.3 is 20.1 Å². The van der Waals surface area contributed by atoms with Gasteiger partial charge in [0.2, 0.25) is 11.8 Å². The van der Waals surface area contributed by atoms with Gasteiger partial charge in [0.15, 0.2) is 0 Å². The number of hydrogen-bond donors (Lipinski definition) is 2. The van der Waals surface area contributed by atoms with Crippen LogP contribution in [0.2, 0.25) is 0 Å². The van der Waals surface area contributed by atoms with Crippen LogP contribution in [0.1, 0.15) is 51.9 Å². The number of carbonyl (C=O) groups is 3. The number of nitrogens with zero attached hydrogens (tertiary/aromatic N) is 1. The molecule has 2 heterocycles. The number of carboxylic acid groups (broad SMARTS) is 1. The number of hydrogen-bond acceptors (Lipinski definition) is 4. The number of carboxylic acids is 1. The van der Waals surface area contributed by atoms with Crippen LogP contribution in [-0.2, 0) is 19.1 Å². The van der Waals surface area contributed by atoms with Gasteiger partial charge in [-0.2, -0.15) is 0 Å². The third-order valence-corrected chi connectivity index (χ3v) is 5.94. The van der Waals surface area contributed by atoms with Crippen molar-refractivity contribution in [3.63, 3.8) is 0 Å². The summed E-state index contributed by atoms with van der Waals surface area (Å²) in [6.45, 7) is 3.36. The lowest BCUT2D eigenvalue weighted by atomic mass is 9.86. The summed E-state index contributed by atoms with van der Waals surface area (Å²) in [6.07, 6.45) is 4.85. The fourth-order valence-electron chi connectivity index (χ4n) is 4.36. The van der Waals surface area contributed by atoms with E-state index in [1.807, 2.05) is 4.90 Å². The largest absolute Gasteiger partial charge is 0.481 e. The van der Waals surface area contributed by atoms with E-state index in [1.54, 1.807) is 0 Å². The van der Waals surface area contributed by atoms with Crippen molar-refractivity contribution < 1.29 is 24.2 Å². The molecule has 1 aliphatic carbocycles. The van der Waals surface area contributed by atoms with Crippen molar-refractivity contribution in [2.75, 3.05) is 19.8 Å². The molecule has 2 saturated heterocycles. The Kier molecular flexibility index (Phi) is 5.32. The molecule has 0 bridgehead atoms. The predicted molar refractivity (Wildman–Crippen MR) is 89.8 cm³/mol. The highest BCUT2D eigenvalue weighted by molar-refractivity contribution is 5.90. The average molecular weight is 352 g/mol. The second-order valence-electron chi connectivity index (χ2n) is 8.00. The highest BCUT2D eigenvalue weighted by atomic mass is 16.5. The molecule has 3 rings (SSSR count). The van der Waals surface area contributed by atoms with Crippen LogP contribution < -0.4 is 5.32 Å². The van der Waals surface area contributed by atoms with E-state index in [-0.39, 0.29) is 37.3 Å². The number of ether oxygens (including phenoxy) is 1. The smallest absolute Gasteiger partial charge is 0.305 e. The molecule has 2 aliphatic heterocycles. The molecule has 140 valence electrons. The third-order valence-electron chi connectivity index (χ3n) is 5.94. The van der Waals surface area contributed by atoms with E-state index >= 15 is 0 Å². The second kappa shape index (κ2) is 7.32. The summed E-state index contributed by atoms with van der Waals surface area (Å²) in [6, 6.07) is 0.254. The van der Waals surface area contributed by atoms with Crippen LogP contribution in [0.25, 0.3) is 0 Å². The number of rotatable bonds is 5. The van der Waals surface area contributed by atoms with Gasteiger partial charge in [0.25, 0.3) is 0 Å². The van der Waals surface area contributed by atoms with Gasteiger partial charge in [-0.25, -0.2) is 0 Å². The molecule has 2 unspecified atom stereocenters. The van der Waals surface area contributed by atoms with Gasteiger partial charge in [-0.05, 0) is 38.0 Å². The first kappa shape index (κ1) is 18.2. The Morgan fingerprint density at radius 2 is 2.04 bits per heavy atom. The Balaban J connectivity index is 1.59. The lowest BCUT2D eigenvalue weighted by molar-refractivity contribution is -0.139. The molecule has 0 radical (unpaired) electrons. The normalized spacial score (nSPS) is 35.8. The Morgan fingerprint density at radius 3 is 2.64 bits per heavy atom. The van der Waals surface area contributed by atoms with Crippen molar-refractivity contribution in [1.29, 1.82) is 0 Å². The van der Waals surface area contributed by atoms with E-state index in [9.17, 15) is 14.4 Å². The van der Waals surface area contributed by atoms with Gasteiger partial charge in [0.1, 0.15) is 0 Å². The Hall–Kier alpha value is -1.63. The summed E-state index contributed by atoms with van der Waals surface area (Å²) < 4.78 is 5.32. The molecule has 2 amide bonds. The lowest BCUT2D eigenvalue weighted by Gasteiger charge is -2.34. The van der Waals surface area contributed by atoms with Crippen molar-refractivity contribution in [3.05, 3.63) is 0 Å². The molecule has 25 heavy (non-hydrogen) atoms. The van der Waals surface area contributed by atoms with Gasteiger partial charge in [0, 0.05) is 25.6 Å². The van der Waals surface area contributed by atoms with Gasteiger partial charge in [-0.1, -0.05) is 6.92 Å². The van der Waals surface area contributed by atoms with Crippen molar-refractivity contribution in [1.82, 2.24) is 10.2 Å². The van der Waals surface area contributed by atoms with E-state index in [0.29, 0.717) is 25.5 Å². The Bertz CT molecular complexity index is 536. The van der Waals surface area contributed by atoms with Crippen LogP contribution in [0.5, 0.6) is 0 Å². The molecule has 0 aromatic rings. The molecule has 0 aromatic carbocycles. The first-order valence-corrected chi connectivity index (χ1v) is 9.29. The molecule has 3 fully saturated rings. The van der Waals surface area contributed by atoms with E-state index < -0.39 is 17.4 Å². The molecular weight excluding hydrogens is 324 g/mol. The number of nitrogens with one attached hydrogen (secondary N) is 1. The zero-order valence-corrected chi connectivity index (χ0v) is 14.8. The minimum atomic E-state index is -0.953. The molecule has 2 atom stereocenters. The molecule has 7 heteroatoms. The quantitative estimate of drug-likeness (QED) is 0.774. The molecule has 0 aromatic heterocycles. The Labute approximate surface area is 148 Å². The topological polar surface area (TPSA) is 95.9 Å². The summed E-state index contributed by atoms with van der Waals surface area (Å²) >= 11 is 0. The highest BCUT2D eigenvalue weighted by Crippen LogP contribution is 2.32. The van der Waals surface area contributed by atoms with Crippen LogP contribution >= 0.6 is 0 Å². The average Bonchev–Trinajstić information content (AvgIpc) is 3.14. The van der Waals surface area contributed by atoms with Gasteiger partial charge in [-0.15, -0.1) is 0 Å². The fraction of sp³-hybridized carbons (Fsp3) is 0.833. The second-order valence-corrected chi connectivity index (χ2v) is 8.00. The lowest BCUT2D eigenvalue weighted by Crippen LogP contribution is -2.52. The standard InChI is InChI=1S/C18H28N2O5/c1-12-2-4-14(5-3-12)20-10-13(8-15(20)21)17(24)19-18(9-16(22)23)6-7-25-11-18/h12-14H,2-11H2,1H3,(H,19,24)(H,22,23). The molecule has 2 N–H and O–H groups in total. The van der Waals surface area contributed by atoms with Crippen LogP contribution in [0.4, 0.5) is 0 Å². The van der Waals surface area contributed by atoms with Gasteiger partial charge in [0.05, 0.1) is 24.5 Å². The molecule has 0 spiro atoms. The van der Waals surface area contributed by atoms with E-state index in [4.69, 9.17) is 9.84 Å². The summed E-state index contributed by atoms with van der Waals surface area (Å²) in [4.78, 5) is 38.1. The number of amides is 2. The first-order chi connectivity index (χ1) is 11.9. The molecule has 7 nitrogen and oxygen atoms in total. The maximum atomic E-state index is 12.7. The summed E-state index contributed by atoms with van der Waals surface area (Å²) in [5.41, 5.74) is -0.834. The third kappa shape index (κ3) is 4.14. The van der Waals surface area contributed by atoms with Gasteiger partial charge in [-0.3, -0.25) is 14.4 Å². The van der Waals surface area contributed by atoms with E-state index in [2.05, 4.69) is 12.2 Å². The summed E-state index contributed by atoms with van der Waals surface area (Å²) in [7, 11) is 0. The maximum absolute atomic E-state index is 12.7.